The van der Waals surface area contributed by atoms with Crippen LogP contribution in [0.3, 0.4) is 0 Å². The summed E-state index contributed by atoms with van der Waals surface area (Å²) < 4.78 is 0. The molecule has 2 heteroatoms. The van der Waals surface area contributed by atoms with Crippen molar-refractivity contribution in [1.82, 2.24) is 0 Å². The third kappa shape index (κ3) is 3.47. The minimum atomic E-state index is -0.455. The van der Waals surface area contributed by atoms with Gasteiger partial charge in [-0.3, -0.25) is 0 Å². The zero-order chi connectivity index (χ0) is 28.5. The van der Waals surface area contributed by atoms with Gasteiger partial charge in [-0.15, -0.1) is 0 Å². The van der Waals surface area contributed by atoms with Gasteiger partial charge < -0.3 is 0 Å². The predicted octanol–water partition coefficient (Wildman–Crippen LogP) is 11.7. The maximum absolute atomic E-state index is 7.14. The van der Waals surface area contributed by atoms with E-state index >= 15 is 0 Å². The average molecular weight is 585 g/mol. The predicted molar refractivity (Wildman–Crippen MR) is 181 cm³/mol. The summed E-state index contributed by atoms with van der Waals surface area (Å²) in [6.45, 7) is 0. The number of fused-ring (bicyclic) bond motifs is 10. The molecule has 1 aliphatic heterocycles. The van der Waals surface area contributed by atoms with Crippen LogP contribution in [0.25, 0.3) is 44.2 Å². The smallest absolute Gasteiger partial charge is 0.0736 e. The van der Waals surface area contributed by atoms with Gasteiger partial charge in [0.1, 0.15) is 0 Å². The highest BCUT2D eigenvalue weighted by Crippen LogP contribution is 2.63. The lowest BCUT2D eigenvalue weighted by atomic mass is 9.67. The first kappa shape index (κ1) is 25.0. The molecule has 0 nitrogen and oxygen atoms in total. The summed E-state index contributed by atoms with van der Waals surface area (Å²) in [5.41, 5.74) is 12.2. The van der Waals surface area contributed by atoms with E-state index < -0.39 is 5.41 Å². The Morgan fingerprint density at radius 1 is 0.419 bits per heavy atom. The lowest BCUT2D eigenvalue weighted by molar-refractivity contribution is 0.723. The highest BCUT2D eigenvalue weighted by molar-refractivity contribution is 7.99. The maximum Gasteiger partial charge on any atom is 0.0736 e. The van der Waals surface area contributed by atoms with Gasteiger partial charge in [0.05, 0.1) is 5.41 Å². The molecule has 1 heterocycles. The molecule has 0 unspecified atom stereocenters. The molecule has 0 N–H and O–H groups in total. The lowest BCUT2D eigenvalue weighted by Gasteiger charge is -2.40. The first-order valence-electron chi connectivity index (χ1n) is 14.6. The molecule has 2 aliphatic rings. The normalized spacial score (nSPS) is 13.8. The molecule has 1 spiro atoms. The number of halogens is 1. The standard InChI is InChI=1S/C41H25ClS/c42-27-24-34(31-23-22-28(26-12-2-1-3-13-26)29-14-4-5-15-30(29)31)40-38(25-27)41(37-20-10-11-21-39(37)43-40)35-18-8-6-16-32(35)33-17-7-9-19-36(33)41/h1-25H. The Kier molecular flexibility index (Phi) is 5.50. The van der Waals surface area contributed by atoms with E-state index in [1.165, 1.54) is 76.2 Å². The Morgan fingerprint density at radius 2 is 0.977 bits per heavy atom. The van der Waals surface area contributed by atoms with Crippen LogP contribution in [0.15, 0.2) is 161 Å². The van der Waals surface area contributed by atoms with Gasteiger partial charge in [-0.25, -0.2) is 0 Å². The SMILES string of the molecule is Clc1cc(-c2ccc(-c3ccccc3)c3ccccc23)c2c(c1)C1(c3ccccc3S2)c2ccccc2-c2ccccc21. The fourth-order valence-electron chi connectivity index (χ4n) is 7.52. The van der Waals surface area contributed by atoms with Crippen LogP contribution in [-0.2, 0) is 5.41 Å². The second-order valence-corrected chi connectivity index (χ2v) is 12.8. The zero-order valence-corrected chi connectivity index (χ0v) is 24.8. The van der Waals surface area contributed by atoms with E-state index in [1.807, 2.05) is 11.8 Å². The van der Waals surface area contributed by atoms with Crippen LogP contribution in [0.5, 0.6) is 0 Å². The lowest BCUT2D eigenvalue weighted by Crippen LogP contribution is -2.32. The summed E-state index contributed by atoms with van der Waals surface area (Å²) in [6, 6.07) is 55.2. The van der Waals surface area contributed by atoms with Crippen LogP contribution in [0.4, 0.5) is 0 Å². The first-order valence-corrected chi connectivity index (χ1v) is 15.8. The van der Waals surface area contributed by atoms with E-state index in [0.29, 0.717) is 0 Å². The molecule has 0 fully saturated rings. The van der Waals surface area contributed by atoms with Crippen LogP contribution in [0, 0.1) is 0 Å². The third-order valence-corrected chi connectivity index (χ3v) is 10.7. The van der Waals surface area contributed by atoms with Crippen molar-refractivity contribution in [3.63, 3.8) is 0 Å². The molecule has 202 valence electrons. The maximum atomic E-state index is 7.14. The average Bonchev–Trinajstić information content (AvgIpc) is 3.36. The Morgan fingerprint density at radius 3 is 1.70 bits per heavy atom. The molecular weight excluding hydrogens is 560 g/mol. The zero-order valence-electron chi connectivity index (χ0n) is 23.2. The highest BCUT2D eigenvalue weighted by Gasteiger charge is 2.50. The van der Waals surface area contributed by atoms with Crippen molar-refractivity contribution in [2.75, 3.05) is 0 Å². The van der Waals surface area contributed by atoms with Gasteiger partial charge in [-0.2, -0.15) is 0 Å². The molecular formula is C41H25ClS. The number of rotatable bonds is 2. The van der Waals surface area contributed by atoms with Gasteiger partial charge in [-0.1, -0.05) is 157 Å². The summed E-state index contributed by atoms with van der Waals surface area (Å²) in [6.07, 6.45) is 0. The summed E-state index contributed by atoms with van der Waals surface area (Å²) in [7, 11) is 0. The number of benzene rings is 7. The Hall–Kier alpha value is -4.56. The fraction of sp³-hybridized carbons (Fsp3) is 0.0244. The summed E-state index contributed by atoms with van der Waals surface area (Å²) >= 11 is 9.02. The molecule has 1 aliphatic carbocycles. The molecule has 0 atom stereocenters. The van der Waals surface area contributed by atoms with E-state index in [2.05, 4.69) is 152 Å². The molecule has 7 aromatic carbocycles. The van der Waals surface area contributed by atoms with Crippen LogP contribution in [0.1, 0.15) is 22.3 Å². The quantitative estimate of drug-likeness (QED) is 0.195. The molecule has 0 saturated heterocycles. The van der Waals surface area contributed by atoms with Crippen molar-refractivity contribution in [3.05, 3.63) is 179 Å². The molecule has 0 radical (unpaired) electrons. The van der Waals surface area contributed by atoms with Gasteiger partial charge >= 0.3 is 0 Å². The minimum Gasteiger partial charge on any atom is -0.0887 e. The van der Waals surface area contributed by atoms with Gasteiger partial charge in [0.15, 0.2) is 0 Å². The van der Waals surface area contributed by atoms with E-state index in [4.69, 9.17) is 11.6 Å². The Labute approximate surface area is 260 Å². The van der Waals surface area contributed by atoms with Crippen molar-refractivity contribution in [2.45, 2.75) is 15.2 Å². The fourth-order valence-corrected chi connectivity index (χ4v) is 9.04. The van der Waals surface area contributed by atoms with Gasteiger partial charge in [0, 0.05) is 14.8 Å². The highest BCUT2D eigenvalue weighted by atomic mass is 35.5. The van der Waals surface area contributed by atoms with Crippen molar-refractivity contribution < 1.29 is 0 Å². The second kappa shape index (κ2) is 9.47. The van der Waals surface area contributed by atoms with Gasteiger partial charge in [0.25, 0.3) is 0 Å². The summed E-state index contributed by atoms with van der Waals surface area (Å²) in [5.74, 6) is 0. The molecule has 0 bridgehead atoms. The van der Waals surface area contributed by atoms with E-state index in [1.54, 1.807) is 0 Å². The van der Waals surface area contributed by atoms with E-state index in [-0.39, 0.29) is 0 Å². The van der Waals surface area contributed by atoms with E-state index in [9.17, 15) is 0 Å². The van der Waals surface area contributed by atoms with Crippen molar-refractivity contribution in [2.24, 2.45) is 0 Å². The second-order valence-electron chi connectivity index (χ2n) is 11.3. The van der Waals surface area contributed by atoms with Crippen LogP contribution in [-0.4, -0.2) is 0 Å². The van der Waals surface area contributed by atoms with Crippen molar-refractivity contribution >= 4 is 34.1 Å². The van der Waals surface area contributed by atoms with Crippen LogP contribution >= 0.6 is 23.4 Å². The molecule has 7 aromatic rings. The monoisotopic (exact) mass is 584 g/mol. The van der Waals surface area contributed by atoms with Gasteiger partial charge in [-0.05, 0) is 84.6 Å². The Balaban J connectivity index is 1.39. The van der Waals surface area contributed by atoms with Crippen LogP contribution in [0.2, 0.25) is 5.02 Å². The first-order chi connectivity index (χ1) is 21.2. The third-order valence-electron chi connectivity index (χ3n) is 9.21. The van der Waals surface area contributed by atoms with E-state index in [0.717, 1.165) is 5.02 Å². The minimum absolute atomic E-state index is 0.455. The number of hydrogen-bond acceptors (Lipinski definition) is 1. The molecule has 9 rings (SSSR count). The van der Waals surface area contributed by atoms with Crippen molar-refractivity contribution in [1.29, 1.82) is 0 Å². The molecule has 0 amide bonds. The molecule has 0 saturated carbocycles. The Bertz CT molecular complexity index is 2180. The largest absolute Gasteiger partial charge is 0.0887 e. The summed E-state index contributed by atoms with van der Waals surface area (Å²) in [5, 5.41) is 3.23. The molecule has 43 heavy (non-hydrogen) atoms. The topological polar surface area (TPSA) is 0 Å². The number of hydrogen-bond donors (Lipinski definition) is 0. The summed E-state index contributed by atoms with van der Waals surface area (Å²) in [4.78, 5) is 2.56. The van der Waals surface area contributed by atoms with Crippen LogP contribution < -0.4 is 0 Å². The van der Waals surface area contributed by atoms with Crippen molar-refractivity contribution in [3.8, 4) is 33.4 Å². The molecule has 0 aromatic heterocycles. The van der Waals surface area contributed by atoms with Gasteiger partial charge in [0.2, 0.25) is 0 Å².